The van der Waals surface area contributed by atoms with Crippen molar-refractivity contribution in [3.63, 3.8) is 0 Å². The van der Waals surface area contributed by atoms with E-state index in [-0.39, 0.29) is 16.5 Å². The third-order valence-corrected chi connectivity index (χ3v) is 5.42. The van der Waals surface area contributed by atoms with Gasteiger partial charge in [0.25, 0.3) is 0 Å². The number of hydrogen-bond donors (Lipinski definition) is 2. The lowest BCUT2D eigenvalue weighted by atomic mass is 10.4. The Morgan fingerprint density at radius 2 is 2.10 bits per heavy atom. The van der Waals surface area contributed by atoms with Crippen molar-refractivity contribution in [2.75, 3.05) is 11.9 Å². The Balaban J connectivity index is 2.13. The highest BCUT2D eigenvalue weighted by molar-refractivity contribution is 7.89. The maximum absolute atomic E-state index is 12.2. The zero-order valence-electron chi connectivity index (χ0n) is 11.1. The van der Waals surface area contributed by atoms with Crippen LogP contribution >= 0.6 is 34.5 Å². The Hall–Kier alpha value is -0.860. The lowest BCUT2D eigenvalue weighted by Crippen LogP contribution is -2.23. The molecule has 114 valence electrons. The van der Waals surface area contributed by atoms with E-state index in [1.54, 1.807) is 12.1 Å². The van der Waals surface area contributed by atoms with Crippen LogP contribution < -0.4 is 10.0 Å². The fourth-order valence-electron chi connectivity index (χ4n) is 1.56. The van der Waals surface area contributed by atoms with E-state index in [9.17, 15) is 8.42 Å². The fourth-order valence-corrected chi connectivity index (χ4v) is 3.95. The maximum atomic E-state index is 12.2. The minimum Gasteiger partial charge on any atom is -0.369 e. The lowest BCUT2D eigenvalue weighted by Gasteiger charge is -2.08. The van der Waals surface area contributed by atoms with Crippen LogP contribution in [0.25, 0.3) is 0 Å². The lowest BCUT2D eigenvalue weighted by molar-refractivity contribution is 0.581. The van der Waals surface area contributed by atoms with Gasteiger partial charge in [-0.25, -0.2) is 18.1 Å². The molecule has 2 rings (SSSR count). The minimum atomic E-state index is -3.66. The molecule has 2 aromatic heterocycles. The number of anilines is 1. The van der Waals surface area contributed by atoms with Gasteiger partial charge < -0.3 is 5.32 Å². The van der Waals surface area contributed by atoms with Crippen LogP contribution in [-0.4, -0.2) is 19.9 Å². The molecule has 0 atom stereocenters. The minimum absolute atomic E-state index is 0.0248. The van der Waals surface area contributed by atoms with Gasteiger partial charge in [-0.1, -0.05) is 23.2 Å². The monoisotopic (exact) mass is 365 g/mol. The van der Waals surface area contributed by atoms with Gasteiger partial charge in [-0.3, -0.25) is 0 Å². The van der Waals surface area contributed by atoms with Crippen LogP contribution in [0, 0.1) is 0 Å². The summed E-state index contributed by atoms with van der Waals surface area (Å²) >= 11 is 13.1. The Morgan fingerprint density at radius 3 is 2.67 bits per heavy atom. The molecule has 21 heavy (non-hydrogen) atoms. The Morgan fingerprint density at radius 1 is 1.33 bits per heavy atom. The molecule has 0 aliphatic heterocycles. The Labute approximate surface area is 137 Å². The van der Waals surface area contributed by atoms with E-state index in [1.165, 1.54) is 23.6 Å². The summed E-state index contributed by atoms with van der Waals surface area (Å²) in [5.41, 5.74) is 0. The molecule has 0 saturated heterocycles. The van der Waals surface area contributed by atoms with Crippen molar-refractivity contribution in [2.45, 2.75) is 18.4 Å². The van der Waals surface area contributed by atoms with Crippen molar-refractivity contribution in [3.05, 3.63) is 38.6 Å². The molecule has 0 aromatic carbocycles. The number of rotatable bonds is 6. The van der Waals surface area contributed by atoms with Crippen LogP contribution in [0.5, 0.6) is 0 Å². The van der Waals surface area contributed by atoms with Crippen LogP contribution in [0.15, 0.2) is 29.3 Å². The predicted molar refractivity (Wildman–Crippen MR) is 86.8 cm³/mol. The third kappa shape index (κ3) is 4.31. The summed E-state index contributed by atoms with van der Waals surface area (Å²) in [6, 6.07) is 4.87. The van der Waals surface area contributed by atoms with Gasteiger partial charge in [0.15, 0.2) is 0 Å². The van der Waals surface area contributed by atoms with E-state index < -0.39 is 10.0 Å². The summed E-state index contributed by atoms with van der Waals surface area (Å²) in [7, 11) is -3.66. The van der Waals surface area contributed by atoms with Gasteiger partial charge in [0.05, 0.1) is 9.36 Å². The van der Waals surface area contributed by atoms with Gasteiger partial charge in [0.2, 0.25) is 10.0 Å². The molecule has 0 fully saturated rings. The van der Waals surface area contributed by atoms with E-state index in [1.807, 2.05) is 6.92 Å². The molecule has 2 N–H and O–H groups in total. The summed E-state index contributed by atoms with van der Waals surface area (Å²) in [6.07, 6.45) is 1.27. The highest BCUT2D eigenvalue weighted by Gasteiger charge is 2.16. The molecule has 0 unspecified atom stereocenters. The van der Waals surface area contributed by atoms with E-state index in [2.05, 4.69) is 15.0 Å². The van der Waals surface area contributed by atoms with Crippen molar-refractivity contribution in [1.82, 2.24) is 9.71 Å². The number of halogens is 2. The number of nitrogens with one attached hydrogen (secondary N) is 2. The number of aromatic nitrogens is 1. The first-order valence-corrected chi connectivity index (χ1v) is 9.11. The van der Waals surface area contributed by atoms with E-state index in [0.29, 0.717) is 16.7 Å². The molecular weight excluding hydrogens is 353 g/mol. The van der Waals surface area contributed by atoms with E-state index in [4.69, 9.17) is 23.2 Å². The van der Waals surface area contributed by atoms with Gasteiger partial charge in [0, 0.05) is 24.2 Å². The predicted octanol–water partition coefficient (Wildman–Crippen LogP) is 3.36. The van der Waals surface area contributed by atoms with Crippen molar-refractivity contribution in [3.8, 4) is 0 Å². The zero-order chi connectivity index (χ0) is 15.5. The molecule has 0 radical (unpaired) electrons. The fraction of sp³-hybridized carbons (Fsp3) is 0.250. The summed E-state index contributed by atoms with van der Waals surface area (Å²) in [6.45, 7) is 2.72. The second kappa shape index (κ2) is 6.93. The molecule has 0 aliphatic rings. The first-order chi connectivity index (χ1) is 9.92. The average molecular weight is 366 g/mol. The zero-order valence-corrected chi connectivity index (χ0v) is 14.2. The van der Waals surface area contributed by atoms with Gasteiger partial charge in [-0.2, -0.15) is 0 Å². The van der Waals surface area contributed by atoms with E-state index >= 15 is 0 Å². The number of pyridine rings is 1. The molecule has 0 spiro atoms. The topological polar surface area (TPSA) is 71.1 Å². The van der Waals surface area contributed by atoms with Crippen LogP contribution in [0.3, 0.4) is 0 Å². The van der Waals surface area contributed by atoms with E-state index in [0.717, 1.165) is 4.88 Å². The maximum Gasteiger partial charge on any atom is 0.242 e. The Kier molecular flexibility index (Phi) is 5.45. The summed E-state index contributed by atoms with van der Waals surface area (Å²) in [4.78, 5) is 4.86. The smallest absolute Gasteiger partial charge is 0.242 e. The van der Waals surface area contributed by atoms with Crippen LogP contribution in [0.4, 0.5) is 5.82 Å². The summed E-state index contributed by atoms with van der Waals surface area (Å²) in [5, 5.41) is 3.21. The number of nitrogens with zero attached hydrogens (tertiary/aromatic N) is 1. The van der Waals surface area contributed by atoms with Crippen molar-refractivity contribution in [2.24, 2.45) is 0 Å². The molecule has 9 heteroatoms. The normalized spacial score (nSPS) is 11.6. The molecule has 0 amide bonds. The van der Waals surface area contributed by atoms with Crippen LogP contribution in [0.2, 0.25) is 9.36 Å². The number of thiophene rings is 1. The number of sulfonamides is 1. The van der Waals surface area contributed by atoms with Crippen molar-refractivity contribution < 1.29 is 8.42 Å². The molecule has 0 bridgehead atoms. The standard InChI is InChI=1S/C12H13Cl2N3O2S2/c1-2-15-12-10(13)5-9(7-16-12)21(18,19)17-6-8-3-4-11(14)20-8/h3-5,7,17H,2,6H2,1H3,(H,15,16). The second-order valence-electron chi connectivity index (χ2n) is 4.06. The van der Waals surface area contributed by atoms with Gasteiger partial charge in [0.1, 0.15) is 10.7 Å². The first kappa shape index (κ1) is 16.5. The van der Waals surface area contributed by atoms with Crippen molar-refractivity contribution >= 4 is 50.4 Å². The molecular formula is C12H13Cl2N3O2S2. The average Bonchev–Trinajstić information content (AvgIpc) is 2.85. The number of hydrogen-bond acceptors (Lipinski definition) is 5. The van der Waals surface area contributed by atoms with Crippen LogP contribution in [-0.2, 0) is 16.6 Å². The molecule has 5 nitrogen and oxygen atoms in total. The van der Waals surface area contributed by atoms with Gasteiger partial charge in [-0.15, -0.1) is 11.3 Å². The highest BCUT2D eigenvalue weighted by atomic mass is 35.5. The Bertz CT molecular complexity index is 732. The summed E-state index contributed by atoms with van der Waals surface area (Å²) < 4.78 is 27.5. The largest absolute Gasteiger partial charge is 0.369 e. The summed E-state index contributed by atoms with van der Waals surface area (Å²) in [5.74, 6) is 0.461. The van der Waals surface area contributed by atoms with Gasteiger partial charge in [-0.05, 0) is 25.1 Å². The quantitative estimate of drug-likeness (QED) is 0.823. The first-order valence-electron chi connectivity index (χ1n) is 6.05. The van der Waals surface area contributed by atoms with Gasteiger partial charge >= 0.3 is 0 Å². The van der Waals surface area contributed by atoms with Crippen molar-refractivity contribution in [1.29, 1.82) is 0 Å². The van der Waals surface area contributed by atoms with Crippen LogP contribution in [0.1, 0.15) is 11.8 Å². The third-order valence-electron chi connectivity index (χ3n) is 2.54. The molecule has 0 saturated carbocycles. The molecule has 0 aliphatic carbocycles. The SMILES string of the molecule is CCNc1ncc(S(=O)(=O)NCc2ccc(Cl)s2)cc1Cl. The molecule has 2 aromatic rings. The molecule has 2 heterocycles. The highest BCUT2D eigenvalue weighted by Crippen LogP contribution is 2.24. The second-order valence-corrected chi connectivity index (χ2v) is 8.04.